The Morgan fingerprint density at radius 3 is 2.68 bits per heavy atom. The Labute approximate surface area is 147 Å². The van der Waals surface area contributed by atoms with Crippen molar-refractivity contribution in [2.45, 2.75) is 37.5 Å². The third kappa shape index (κ3) is 9.66. The molecule has 0 heterocycles. The predicted molar refractivity (Wildman–Crippen MR) is 93.6 cm³/mol. The van der Waals surface area contributed by atoms with Gasteiger partial charge in [-0.2, -0.15) is 13.2 Å². The molecule has 0 radical (unpaired) electrons. The van der Waals surface area contributed by atoms with Gasteiger partial charge in [-0.05, 0) is 33.4 Å². The van der Waals surface area contributed by atoms with E-state index in [9.17, 15) is 13.2 Å². The van der Waals surface area contributed by atoms with Crippen molar-refractivity contribution < 1.29 is 17.9 Å². The third-order valence-corrected chi connectivity index (χ3v) is 4.16. The predicted octanol–water partition coefficient (Wildman–Crippen LogP) is 1.32. The van der Waals surface area contributed by atoms with Gasteiger partial charge in [0.25, 0.3) is 0 Å². The lowest BCUT2D eigenvalue weighted by Gasteiger charge is -2.24. The van der Waals surface area contributed by atoms with E-state index in [0.717, 1.165) is 38.6 Å². The van der Waals surface area contributed by atoms with Crippen LogP contribution in [0.15, 0.2) is 17.3 Å². The maximum Gasteiger partial charge on any atom is 0.411 e. The highest BCUT2D eigenvalue weighted by atomic mass is 19.4. The molecule has 6 nitrogen and oxygen atoms in total. The number of hydrogen-bond acceptors (Lipinski definition) is 4. The minimum Gasteiger partial charge on any atom is -0.379 e. The largest absolute Gasteiger partial charge is 0.411 e. The molecule has 25 heavy (non-hydrogen) atoms. The molecule has 0 spiro atoms. The van der Waals surface area contributed by atoms with Crippen LogP contribution in [-0.2, 0) is 4.74 Å². The minimum absolute atomic E-state index is 0.116. The molecule has 0 aromatic rings. The van der Waals surface area contributed by atoms with E-state index in [4.69, 9.17) is 4.74 Å². The van der Waals surface area contributed by atoms with Crippen LogP contribution in [-0.4, -0.2) is 76.6 Å². The topological polar surface area (TPSA) is 60.9 Å². The molecule has 2 atom stereocenters. The van der Waals surface area contributed by atoms with Crippen molar-refractivity contribution >= 4 is 5.96 Å². The van der Waals surface area contributed by atoms with Gasteiger partial charge in [-0.25, -0.2) is 4.99 Å². The van der Waals surface area contributed by atoms with Crippen molar-refractivity contribution in [3.63, 3.8) is 0 Å². The van der Waals surface area contributed by atoms with Gasteiger partial charge in [0.2, 0.25) is 0 Å². The van der Waals surface area contributed by atoms with Crippen molar-refractivity contribution in [2.75, 3.05) is 47.4 Å². The molecule has 9 heteroatoms. The Balaban J connectivity index is 2.35. The average molecular weight is 365 g/mol. The SMILES string of the molecule is CNCCOCCN(C)[C@H]1CC[C@H](N/C(=N/C=C/C(F)(F)F)NC)C1. The Bertz CT molecular complexity index is 428. The molecule has 1 fully saturated rings. The zero-order valence-electron chi connectivity index (χ0n) is 15.2. The number of rotatable bonds is 9. The van der Waals surface area contributed by atoms with Crippen LogP contribution in [0.2, 0.25) is 0 Å². The van der Waals surface area contributed by atoms with Crippen LogP contribution >= 0.6 is 0 Å². The average Bonchev–Trinajstić information content (AvgIpc) is 3.01. The van der Waals surface area contributed by atoms with E-state index in [2.05, 4.69) is 32.9 Å². The van der Waals surface area contributed by atoms with Gasteiger partial charge in [-0.15, -0.1) is 0 Å². The molecule has 3 N–H and O–H groups in total. The second kappa shape index (κ2) is 11.3. The third-order valence-electron chi connectivity index (χ3n) is 4.16. The van der Waals surface area contributed by atoms with Gasteiger partial charge in [-0.3, -0.25) is 0 Å². The molecule has 0 aliphatic heterocycles. The summed E-state index contributed by atoms with van der Waals surface area (Å²) >= 11 is 0. The van der Waals surface area contributed by atoms with Crippen LogP contribution in [0.25, 0.3) is 0 Å². The van der Waals surface area contributed by atoms with E-state index in [0.29, 0.717) is 25.2 Å². The first kappa shape index (κ1) is 21.7. The number of allylic oxidation sites excluding steroid dienone is 1. The van der Waals surface area contributed by atoms with Crippen molar-refractivity contribution in [3.05, 3.63) is 12.3 Å². The molecule has 0 amide bonds. The summed E-state index contributed by atoms with van der Waals surface area (Å²) in [4.78, 5) is 6.07. The number of hydrogen-bond donors (Lipinski definition) is 3. The maximum atomic E-state index is 12.1. The van der Waals surface area contributed by atoms with E-state index in [1.165, 1.54) is 0 Å². The molecule has 1 rings (SSSR count). The van der Waals surface area contributed by atoms with Crippen molar-refractivity contribution in [1.82, 2.24) is 20.9 Å². The van der Waals surface area contributed by atoms with Crippen LogP contribution in [0.1, 0.15) is 19.3 Å². The van der Waals surface area contributed by atoms with Crippen molar-refractivity contribution in [3.8, 4) is 0 Å². The number of aliphatic imine (C=N–C) groups is 1. The van der Waals surface area contributed by atoms with E-state index in [1.54, 1.807) is 7.05 Å². The van der Waals surface area contributed by atoms with Crippen LogP contribution in [0, 0.1) is 0 Å². The normalized spacial score (nSPS) is 22.1. The first-order chi connectivity index (χ1) is 11.9. The number of ether oxygens (including phenoxy) is 1. The van der Waals surface area contributed by atoms with Gasteiger partial charge in [0.15, 0.2) is 5.96 Å². The fourth-order valence-electron chi connectivity index (χ4n) is 2.72. The van der Waals surface area contributed by atoms with Crippen molar-refractivity contribution in [1.29, 1.82) is 0 Å². The lowest BCUT2D eigenvalue weighted by Crippen LogP contribution is -2.42. The van der Waals surface area contributed by atoms with Gasteiger partial charge in [0.05, 0.1) is 13.2 Å². The Morgan fingerprint density at radius 2 is 2.04 bits per heavy atom. The van der Waals surface area contributed by atoms with Crippen LogP contribution in [0.3, 0.4) is 0 Å². The summed E-state index contributed by atoms with van der Waals surface area (Å²) in [5.41, 5.74) is 0. The van der Waals surface area contributed by atoms with Crippen LogP contribution < -0.4 is 16.0 Å². The van der Waals surface area contributed by atoms with Crippen LogP contribution in [0.5, 0.6) is 0 Å². The lowest BCUT2D eigenvalue weighted by atomic mass is 10.2. The van der Waals surface area contributed by atoms with E-state index < -0.39 is 6.18 Å². The fourth-order valence-corrected chi connectivity index (χ4v) is 2.72. The maximum absolute atomic E-state index is 12.1. The quantitative estimate of drug-likeness (QED) is 0.327. The minimum atomic E-state index is -4.35. The summed E-state index contributed by atoms with van der Waals surface area (Å²) in [5, 5.41) is 9.00. The summed E-state index contributed by atoms with van der Waals surface area (Å²) < 4.78 is 41.9. The number of likely N-dealkylation sites (N-methyl/N-ethyl adjacent to an activating group) is 2. The monoisotopic (exact) mass is 365 g/mol. The zero-order valence-corrected chi connectivity index (χ0v) is 15.2. The Kier molecular flexibility index (Phi) is 9.84. The smallest absolute Gasteiger partial charge is 0.379 e. The number of nitrogens with one attached hydrogen (secondary N) is 3. The summed E-state index contributed by atoms with van der Waals surface area (Å²) in [6.07, 6.45) is -0.542. The van der Waals surface area contributed by atoms with Gasteiger partial charge < -0.3 is 25.6 Å². The summed E-state index contributed by atoms with van der Waals surface area (Å²) in [5.74, 6) is 0.351. The van der Waals surface area contributed by atoms with E-state index >= 15 is 0 Å². The summed E-state index contributed by atoms with van der Waals surface area (Å²) in [6.45, 7) is 3.10. The van der Waals surface area contributed by atoms with Gasteiger partial charge in [0.1, 0.15) is 0 Å². The Hall–Kier alpha value is -1.32. The number of halogens is 3. The molecule has 0 unspecified atom stereocenters. The summed E-state index contributed by atoms with van der Waals surface area (Å²) in [6, 6.07) is 0.636. The van der Waals surface area contributed by atoms with Gasteiger partial charge in [0, 0.05) is 44.5 Å². The van der Waals surface area contributed by atoms with E-state index in [1.807, 2.05) is 7.05 Å². The first-order valence-corrected chi connectivity index (χ1v) is 8.54. The van der Waals surface area contributed by atoms with Gasteiger partial charge >= 0.3 is 6.18 Å². The second-order valence-corrected chi connectivity index (χ2v) is 6.09. The fraction of sp³-hybridized carbons (Fsp3) is 0.812. The number of nitrogens with zero attached hydrogens (tertiary/aromatic N) is 2. The molecular formula is C16H30F3N5O. The highest BCUT2D eigenvalue weighted by Crippen LogP contribution is 2.23. The Morgan fingerprint density at radius 1 is 1.28 bits per heavy atom. The molecular weight excluding hydrogens is 335 g/mol. The molecule has 0 bridgehead atoms. The molecule has 146 valence electrons. The number of guanidine groups is 1. The molecule has 0 aromatic carbocycles. The lowest BCUT2D eigenvalue weighted by molar-refractivity contribution is -0.0799. The molecule has 0 saturated heterocycles. The number of alkyl halides is 3. The molecule has 0 aromatic heterocycles. The van der Waals surface area contributed by atoms with Crippen LogP contribution in [0.4, 0.5) is 13.2 Å². The van der Waals surface area contributed by atoms with Gasteiger partial charge in [-0.1, -0.05) is 0 Å². The first-order valence-electron chi connectivity index (χ1n) is 8.54. The zero-order chi connectivity index (χ0) is 18.7. The van der Waals surface area contributed by atoms with E-state index in [-0.39, 0.29) is 12.1 Å². The second-order valence-electron chi connectivity index (χ2n) is 6.09. The molecule has 1 aliphatic rings. The molecule has 1 aliphatic carbocycles. The standard InChI is InChI=1S/C16H30F3N5O/c1-20-8-10-25-11-9-24(3)14-5-4-13(12-14)23-15(21-2)22-7-6-16(17,18)19/h6-7,13-14,20H,4-5,8-12H2,1-3H3,(H2,21,22,23)/b7-6+/t13-,14-/m0/s1. The highest BCUT2D eigenvalue weighted by molar-refractivity contribution is 5.80. The summed E-state index contributed by atoms with van der Waals surface area (Å²) in [7, 11) is 5.60. The highest BCUT2D eigenvalue weighted by Gasteiger charge is 2.28. The molecule has 1 saturated carbocycles. The van der Waals surface area contributed by atoms with Crippen molar-refractivity contribution in [2.24, 2.45) is 4.99 Å².